The van der Waals surface area contributed by atoms with Crippen molar-refractivity contribution in [2.45, 2.75) is 6.18 Å². The number of anilines is 1. The van der Waals surface area contributed by atoms with Gasteiger partial charge in [-0.25, -0.2) is 4.79 Å². The molecule has 0 fully saturated rings. The van der Waals surface area contributed by atoms with Gasteiger partial charge >= 0.3 is 12.1 Å². The lowest BCUT2D eigenvalue weighted by atomic mass is 10.4. The molecule has 1 heterocycles. The van der Waals surface area contributed by atoms with E-state index in [-0.39, 0.29) is 10.7 Å². The summed E-state index contributed by atoms with van der Waals surface area (Å²) in [4.78, 5) is 14.1. The second kappa shape index (κ2) is 6.31. The van der Waals surface area contributed by atoms with Crippen molar-refractivity contribution in [1.82, 2.24) is 4.98 Å². The number of hydrogen-bond donors (Lipinski definition) is 1. The summed E-state index contributed by atoms with van der Waals surface area (Å²) in [6.45, 7) is -2.73. The summed E-state index contributed by atoms with van der Waals surface area (Å²) in [7, 11) is 0. The first-order valence-electron chi connectivity index (χ1n) is 4.77. The zero-order valence-electron chi connectivity index (χ0n) is 9.43. The molecule has 1 aromatic heterocycles. The largest absolute Gasteiger partial charge is 0.464 e. The van der Waals surface area contributed by atoms with Gasteiger partial charge in [0.1, 0.15) is 10.0 Å². The first-order chi connectivity index (χ1) is 9.11. The predicted octanol–water partition coefficient (Wildman–Crippen LogP) is 2.59. The maximum atomic E-state index is 13.1. The van der Waals surface area contributed by atoms with Crippen LogP contribution < -0.4 is 10.5 Å². The van der Waals surface area contributed by atoms with E-state index in [0.717, 1.165) is 0 Å². The van der Waals surface area contributed by atoms with E-state index < -0.39 is 42.2 Å². The van der Waals surface area contributed by atoms with Crippen molar-refractivity contribution in [1.29, 1.82) is 0 Å². The number of halogens is 6. The number of nitrogens with two attached hydrogens (primary N) is 1. The minimum absolute atomic E-state index is 0.375. The fraction of sp³-hybridized carbons (Fsp3) is 0.333. The summed E-state index contributed by atoms with van der Waals surface area (Å²) in [5.41, 5.74) is 4.94. The molecule has 0 radical (unpaired) electrons. The Morgan fingerprint density at radius 3 is 2.45 bits per heavy atom. The van der Waals surface area contributed by atoms with Crippen LogP contribution in [0.5, 0.6) is 5.88 Å². The van der Waals surface area contributed by atoms with Crippen LogP contribution in [0.25, 0.3) is 0 Å². The summed E-state index contributed by atoms with van der Waals surface area (Å²) in [6.07, 6.45) is -4.66. The lowest BCUT2D eigenvalue weighted by molar-refractivity contribution is -0.187. The summed E-state index contributed by atoms with van der Waals surface area (Å²) in [6, 6.07) is 0. The van der Waals surface area contributed by atoms with Gasteiger partial charge in [0.2, 0.25) is 11.8 Å². The number of nitrogens with zero attached hydrogens (tertiary/aromatic N) is 1. The van der Waals surface area contributed by atoms with Gasteiger partial charge in [-0.2, -0.15) is 22.5 Å². The average molecular weight is 337 g/mol. The number of alkyl halides is 3. The molecule has 0 unspecified atom stereocenters. The molecule has 0 aromatic carbocycles. The lowest BCUT2D eigenvalue weighted by Crippen LogP contribution is -2.24. The maximum absolute atomic E-state index is 13.1. The van der Waals surface area contributed by atoms with Crippen molar-refractivity contribution in [2.24, 2.45) is 0 Å². The van der Waals surface area contributed by atoms with Gasteiger partial charge < -0.3 is 15.2 Å². The maximum Gasteiger partial charge on any atom is 0.422 e. The van der Waals surface area contributed by atoms with Crippen molar-refractivity contribution in [3.8, 4) is 5.88 Å². The highest BCUT2D eigenvalue weighted by molar-refractivity contribution is 6.39. The molecule has 0 spiro atoms. The Labute approximate surface area is 119 Å². The Kier molecular flexibility index (Phi) is 5.23. The molecular formula is C9H6Cl2F4N2O3. The Balaban J connectivity index is 2.65. The Morgan fingerprint density at radius 1 is 1.30 bits per heavy atom. The van der Waals surface area contributed by atoms with Crippen LogP contribution in [0.2, 0.25) is 10.0 Å². The van der Waals surface area contributed by atoms with Crippen LogP contribution in [0.4, 0.5) is 23.2 Å². The number of carbonyl (C=O) groups is 1. The van der Waals surface area contributed by atoms with E-state index in [2.05, 4.69) is 14.5 Å². The number of aromatic nitrogens is 1. The molecule has 11 heteroatoms. The third-order valence-electron chi connectivity index (χ3n) is 1.77. The van der Waals surface area contributed by atoms with Gasteiger partial charge in [0.05, 0.1) is 5.69 Å². The van der Waals surface area contributed by atoms with Crippen LogP contribution >= 0.6 is 23.2 Å². The topological polar surface area (TPSA) is 74.4 Å². The second-order valence-electron chi connectivity index (χ2n) is 3.31. The minimum Gasteiger partial charge on any atom is -0.464 e. The van der Waals surface area contributed by atoms with Gasteiger partial charge in [0.25, 0.3) is 0 Å². The van der Waals surface area contributed by atoms with Gasteiger partial charge in [-0.15, -0.1) is 0 Å². The fourth-order valence-corrected chi connectivity index (χ4v) is 1.31. The number of ether oxygens (including phenoxy) is 2. The molecule has 112 valence electrons. The molecule has 0 aliphatic heterocycles. The molecule has 0 saturated carbocycles. The zero-order chi connectivity index (χ0) is 15.5. The van der Waals surface area contributed by atoms with E-state index in [1.807, 2.05) is 0 Å². The zero-order valence-corrected chi connectivity index (χ0v) is 10.9. The predicted molar refractivity (Wildman–Crippen MR) is 61.1 cm³/mol. The highest BCUT2D eigenvalue weighted by Gasteiger charge is 2.29. The molecule has 1 aromatic rings. The number of hydrogen-bond acceptors (Lipinski definition) is 5. The molecule has 20 heavy (non-hydrogen) atoms. The molecule has 0 aliphatic rings. The second-order valence-corrected chi connectivity index (χ2v) is 4.07. The van der Waals surface area contributed by atoms with Crippen molar-refractivity contribution in [3.63, 3.8) is 0 Å². The van der Waals surface area contributed by atoms with E-state index in [1.54, 1.807) is 0 Å². The van der Waals surface area contributed by atoms with Crippen molar-refractivity contribution < 1.29 is 31.8 Å². The monoisotopic (exact) mass is 336 g/mol. The number of esters is 1. The van der Waals surface area contributed by atoms with Crippen molar-refractivity contribution in [2.75, 3.05) is 18.9 Å². The third kappa shape index (κ3) is 4.57. The normalized spacial score (nSPS) is 11.3. The molecule has 1 rings (SSSR count). The van der Waals surface area contributed by atoms with Crippen LogP contribution in [-0.2, 0) is 9.53 Å². The van der Waals surface area contributed by atoms with E-state index >= 15 is 0 Å². The molecule has 0 bridgehead atoms. The first kappa shape index (κ1) is 16.6. The Hall–Kier alpha value is -1.48. The van der Waals surface area contributed by atoms with E-state index in [1.165, 1.54) is 0 Å². The van der Waals surface area contributed by atoms with Crippen LogP contribution in [0.15, 0.2) is 0 Å². The fourth-order valence-electron chi connectivity index (χ4n) is 0.937. The first-order valence-corrected chi connectivity index (χ1v) is 5.52. The smallest absolute Gasteiger partial charge is 0.422 e. The van der Waals surface area contributed by atoms with Gasteiger partial charge in [-0.3, -0.25) is 0 Å². The molecule has 2 N–H and O–H groups in total. The average Bonchev–Trinajstić information content (AvgIpc) is 2.35. The van der Waals surface area contributed by atoms with Crippen LogP contribution in [-0.4, -0.2) is 30.3 Å². The Morgan fingerprint density at radius 2 is 1.90 bits per heavy atom. The van der Waals surface area contributed by atoms with Gasteiger partial charge in [0.15, 0.2) is 13.2 Å². The number of rotatable bonds is 4. The summed E-state index contributed by atoms with van der Waals surface area (Å²) in [5.74, 6) is -3.13. The quantitative estimate of drug-likeness (QED) is 0.519. The van der Waals surface area contributed by atoms with E-state index in [4.69, 9.17) is 28.9 Å². The molecule has 0 aliphatic carbocycles. The van der Waals surface area contributed by atoms with Crippen molar-refractivity contribution >= 4 is 34.9 Å². The molecule has 0 atom stereocenters. The number of carbonyl (C=O) groups excluding carboxylic acids is 1. The van der Waals surface area contributed by atoms with Crippen LogP contribution in [0.3, 0.4) is 0 Å². The Bertz CT molecular complexity index is 525. The van der Waals surface area contributed by atoms with Gasteiger partial charge in [0, 0.05) is 0 Å². The highest BCUT2D eigenvalue weighted by Crippen LogP contribution is 2.35. The lowest BCUT2D eigenvalue weighted by Gasteiger charge is -2.10. The third-order valence-corrected chi connectivity index (χ3v) is 2.49. The summed E-state index contributed by atoms with van der Waals surface area (Å²) in [5, 5.41) is -0.915. The summed E-state index contributed by atoms with van der Waals surface area (Å²) < 4.78 is 56.9. The number of nitrogen functional groups attached to an aromatic ring is 1. The summed E-state index contributed by atoms with van der Waals surface area (Å²) >= 11 is 11.0. The van der Waals surface area contributed by atoms with Crippen LogP contribution in [0.1, 0.15) is 0 Å². The molecule has 0 saturated heterocycles. The van der Waals surface area contributed by atoms with Gasteiger partial charge in [-0.05, 0) is 0 Å². The van der Waals surface area contributed by atoms with E-state index in [0.29, 0.717) is 0 Å². The van der Waals surface area contributed by atoms with Crippen molar-refractivity contribution in [3.05, 3.63) is 16.0 Å². The van der Waals surface area contributed by atoms with Crippen LogP contribution in [0, 0.1) is 5.95 Å². The molecular weight excluding hydrogens is 331 g/mol. The van der Waals surface area contributed by atoms with E-state index in [9.17, 15) is 22.4 Å². The highest BCUT2D eigenvalue weighted by atomic mass is 35.5. The van der Waals surface area contributed by atoms with Gasteiger partial charge in [-0.1, -0.05) is 23.2 Å². The standard InChI is InChI=1S/C9H6Cl2F4N2O3/c10-4-6(16)5(11)8(17-7(4)12)19-1-3(18)20-2-9(13,14)15/h1-2H2,(H2,16,17). The molecule has 5 nitrogen and oxygen atoms in total. The minimum atomic E-state index is -4.66. The SMILES string of the molecule is Nc1c(Cl)c(F)nc(OCC(=O)OCC(F)(F)F)c1Cl. The molecule has 0 amide bonds. The number of pyridine rings is 1.